The summed E-state index contributed by atoms with van der Waals surface area (Å²) in [5, 5.41) is 3.49. The normalized spacial score (nSPS) is 11.5. The number of nitrogens with one attached hydrogen (secondary N) is 1. The first-order chi connectivity index (χ1) is 12.6. The molecular weight excluding hydrogens is 354 g/mol. The van der Waals surface area contributed by atoms with Gasteiger partial charge >= 0.3 is 0 Å². The summed E-state index contributed by atoms with van der Waals surface area (Å²) in [6, 6.07) is 12.7. The number of carbonyl (C=O) groups excluding carboxylic acids is 1. The number of amides is 1. The summed E-state index contributed by atoms with van der Waals surface area (Å²) in [6.45, 7) is 2.41. The predicted molar refractivity (Wildman–Crippen MR) is 102 cm³/mol. The van der Waals surface area contributed by atoms with Gasteiger partial charge in [0.25, 0.3) is 5.91 Å². The number of carbonyl (C=O) groups is 1. The second-order valence-electron chi connectivity index (χ2n) is 5.70. The van der Waals surface area contributed by atoms with Gasteiger partial charge in [0.2, 0.25) is 0 Å². The lowest BCUT2D eigenvalue weighted by atomic mass is 10.1. The van der Waals surface area contributed by atoms with Crippen molar-refractivity contribution >= 4 is 17.5 Å². The molecule has 0 saturated carbocycles. The molecule has 0 heterocycles. The highest BCUT2D eigenvalue weighted by atomic mass is 35.5. The second-order valence-corrected chi connectivity index (χ2v) is 6.14. The molecule has 0 aliphatic carbocycles. The van der Waals surface area contributed by atoms with Crippen molar-refractivity contribution in [2.24, 2.45) is 0 Å². The lowest BCUT2D eigenvalue weighted by Gasteiger charge is -2.17. The zero-order chi connectivity index (χ0) is 18.9. The van der Waals surface area contributed by atoms with E-state index in [1.165, 1.54) is 0 Å². The Morgan fingerprint density at radius 2 is 1.88 bits per heavy atom. The van der Waals surface area contributed by atoms with E-state index in [2.05, 4.69) is 5.32 Å². The van der Waals surface area contributed by atoms with Gasteiger partial charge in [0.05, 0.1) is 14.2 Å². The Bertz CT molecular complexity index is 736. The van der Waals surface area contributed by atoms with Gasteiger partial charge in [-0.15, -0.1) is 0 Å². The van der Waals surface area contributed by atoms with Crippen molar-refractivity contribution in [2.75, 3.05) is 20.8 Å². The maximum Gasteiger partial charge on any atom is 0.261 e. The molecule has 0 spiro atoms. The highest BCUT2D eigenvalue weighted by Gasteiger charge is 2.18. The molecule has 2 aromatic carbocycles. The van der Waals surface area contributed by atoms with Gasteiger partial charge in [0, 0.05) is 11.6 Å². The molecule has 0 saturated heterocycles. The summed E-state index contributed by atoms with van der Waals surface area (Å²) in [5.41, 5.74) is 1.05. The van der Waals surface area contributed by atoms with E-state index in [0.29, 0.717) is 41.7 Å². The summed E-state index contributed by atoms with van der Waals surface area (Å²) >= 11 is 5.95. The zero-order valence-electron chi connectivity index (χ0n) is 15.3. The fraction of sp³-hybridized carbons (Fsp3) is 0.350. The minimum atomic E-state index is -0.557. The van der Waals surface area contributed by atoms with Gasteiger partial charge in [-0.2, -0.15) is 0 Å². The molecule has 0 bridgehead atoms. The third-order valence-electron chi connectivity index (χ3n) is 3.90. The monoisotopic (exact) mass is 377 g/mol. The van der Waals surface area contributed by atoms with Gasteiger partial charge in [-0.3, -0.25) is 4.79 Å². The molecular formula is C20H24ClNO4. The highest BCUT2D eigenvalue weighted by Crippen LogP contribution is 2.27. The van der Waals surface area contributed by atoms with Crippen LogP contribution >= 0.6 is 11.6 Å². The van der Waals surface area contributed by atoms with Crippen molar-refractivity contribution in [2.45, 2.75) is 25.9 Å². The smallest absolute Gasteiger partial charge is 0.261 e. The fourth-order valence-electron chi connectivity index (χ4n) is 2.51. The van der Waals surface area contributed by atoms with Crippen LogP contribution in [0.25, 0.3) is 0 Å². The van der Waals surface area contributed by atoms with E-state index in [1.54, 1.807) is 38.5 Å². The van der Waals surface area contributed by atoms with Crippen LogP contribution in [0.3, 0.4) is 0 Å². The molecule has 2 aromatic rings. The lowest BCUT2D eigenvalue weighted by molar-refractivity contribution is -0.128. The van der Waals surface area contributed by atoms with E-state index < -0.39 is 6.10 Å². The van der Waals surface area contributed by atoms with Crippen LogP contribution in [0.1, 0.15) is 18.9 Å². The van der Waals surface area contributed by atoms with Crippen LogP contribution < -0.4 is 19.5 Å². The Kier molecular flexibility index (Phi) is 7.60. The van der Waals surface area contributed by atoms with E-state index in [9.17, 15) is 4.79 Å². The van der Waals surface area contributed by atoms with Crippen LogP contribution in [0, 0.1) is 0 Å². The Balaban J connectivity index is 1.88. The van der Waals surface area contributed by atoms with Crippen LogP contribution in [0.2, 0.25) is 5.02 Å². The van der Waals surface area contributed by atoms with Gasteiger partial charge in [-0.25, -0.2) is 0 Å². The van der Waals surface area contributed by atoms with E-state index >= 15 is 0 Å². The molecule has 1 atom stereocenters. The molecule has 0 fully saturated rings. The molecule has 6 heteroatoms. The molecule has 26 heavy (non-hydrogen) atoms. The first-order valence-corrected chi connectivity index (χ1v) is 8.86. The number of benzene rings is 2. The van der Waals surface area contributed by atoms with Gasteiger partial charge in [-0.1, -0.05) is 30.7 Å². The van der Waals surface area contributed by atoms with Crippen molar-refractivity contribution in [1.82, 2.24) is 5.32 Å². The summed E-state index contributed by atoms with van der Waals surface area (Å²) < 4.78 is 16.3. The van der Waals surface area contributed by atoms with E-state index in [-0.39, 0.29) is 5.91 Å². The zero-order valence-corrected chi connectivity index (χ0v) is 16.0. The Morgan fingerprint density at radius 1 is 1.12 bits per heavy atom. The Hall–Kier alpha value is -2.40. The minimum Gasteiger partial charge on any atom is -0.493 e. The maximum atomic E-state index is 12.4. The molecule has 140 valence electrons. The molecule has 1 amide bonds. The summed E-state index contributed by atoms with van der Waals surface area (Å²) in [5.74, 6) is 1.79. The molecule has 0 unspecified atom stereocenters. The molecule has 0 aliphatic heterocycles. The third-order valence-corrected chi connectivity index (χ3v) is 4.13. The molecule has 5 nitrogen and oxygen atoms in total. The predicted octanol–water partition coefficient (Wildman–Crippen LogP) is 3.87. The van der Waals surface area contributed by atoms with Crippen LogP contribution in [0.4, 0.5) is 0 Å². The highest BCUT2D eigenvalue weighted by molar-refractivity contribution is 6.30. The lowest BCUT2D eigenvalue weighted by Crippen LogP contribution is -2.38. The van der Waals surface area contributed by atoms with Crippen LogP contribution in [0.15, 0.2) is 42.5 Å². The van der Waals surface area contributed by atoms with Gasteiger partial charge in [0.15, 0.2) is 17.6 Å². The molecule has 0 aromatic heterocycles. The molecule has 0 radical (unpaired) electrons. The van der Waals surface area contributed by atoms with Gasteiger partial charge in [-0.05, 0) is 48.7 Å². The topological polar surface area (TPSA) is 56.8 Å². The number of rotatable bonds is 9. The molecule has 0 aliphatic rings. The first kappa shape index (κ1) is 19.9. The van der Waals surface area contributed by atoms with Crippen LogP contribution in [-0.4, -0.2) is 32.8 Å². The number of ether oxygens (including phenoxy) is 3. The number of hydrogen-bond donors (Lipinski definition) is 1. The fourth-order valence-corrected chi connectivity index (χ4v) is 2.69. The van der Waals surface area contributed by atoms with Crippen LogP contribution in [0.5, 0.6) is 17.2 Å². The SMILES string of the molecule is CC[C@H](Oc1cccc(Cl)c1)C(=O)NCCc1ccc(OC)c(OC)c1. The van der Waals surface area contributed by atoms with Crippen molar-refractivity contribution < 1.29 is 19.0 Å². The Morgan fingerprint density at radius 3 is 2.54 bits per heavy atom. The average molecular weight is 378 g/mol. The number of methoxy groups -OCH3 is 2. The minimum absolute atomic E-state index is 0.145. The van der Waals surface area contributed by atoms with Crippen LogP contribution in [-0.2, 0) is 11.2 Å². The number of hydrogen-bond acceptors (Lipinski definition) is 4. The maximum absolute atomic E-state index is 12.4. The largest absolute Gasteiger partial charge is 0.493 e. The molecule has 1 N–H and O–H groups in total. The van der Waals surface area contributed by atoms with Crippen molar-refractivity contribution in [3.05, 3.63) is 53.1 Å². The average Bonchev–Trinajstić information content (AvgIpc) is 2.65. The molecule has 2 rings (SSSR count). The van der Waals surface area contributed by atoms with E-state index in [1.807, 2.05) is 25.1 Å². The standard InChI is InChI=1S/C20H24ClNO4/c1-4-17(26-16-7-5-6-15(21)13-16)20(23)22-11-10-14-8-9-18(24-2)19(12-14)25-3/h5-9,12-13,17H,4,10-11H2,1-3H3,(H,22,23)/t17-/m0/s1. The second kappa shape index (κ2) is 9.92. The van der Waals surface area contributed by atoms with Gasteiger partial charge in [0.1, 0.15) is 5.75 Å². The summed E-state index contributed by atoms with van der Waals surface area (Å²) in [6.07, 6.45) is 0.688. The van der Waals surface area contributed by atoms with E-state index in [0.717, 1.165) is 5.56 Å². The van der Waals surface area contributed by atoms with Gasteiger partial charge < -0.3 is 19.5 Å². The van der Waals surface area contributed by atoms with E-state index in [4.69, 9.17) is 25.8 Å². The van der Waals surface area contributed by atoms with Crippen molar-refractivity contribution in [1.29, 1.82) is 0 Å². The summed E-state index contributed by atoms with van der Waals surface area (Å²) in [4.78, 5) is 12.4. The van der Waals surface area contributed by atoms with Crippen molar-refractivity contribution in [3.8, 4) is 17.2 Å². The van der Waals surface area contributed by atoms with Crippen molar-refractivity contribution in [3.63, 3.8) is 0 Å². The summed E-state index contributed by atoms with van der Waals surface area (Å²) in [7, 11) is 3.20. The number of halogens is 1. The Labute approximate surface area is 159 Å². The first-order valence-electron chi connectivity index (χ1n) is 8.48. The quantitative estimate of drug-likeness (QED) is 0.720. The third kappa shape index (κ3) is 5.56.